The van der Waals surface area contributed by atoms with Gasteiger partial charge in [0.25, 0.3) is 0 Å². The number of methoxy groups -OCH3 is 2. The summed E-state index contributed by atoms with van der Waals surface area (Å²) in [6.07, 6.45) is -2.01. The molecule has 1 saturated heterocycles. The van der Waals surface area contributed by atoms with Gasteiger partial charge in [-0.1, -0.05) is 6.58 Å². The van der Waals surface area contributed by atoms with Gasteiger partial charge in [0.2, 0.25) is 0 Å². The van der Waals surface area contributed by atoms with E-state index in [0.717, 1.165) is 0 Å². The lowest BCUT2D eigenvalue weighted by Crippen LogP contribution is -2.41. The Kier molecular flexibility index (Phi) is 4.18. The summed E-state index contributed by atoms with van der Waals surface area (Å²) in [5.74, 6) is 0. The van der Waals surface area contributed by atoms with Crippen molar-refractivity contribution in [3.63, 3.8) is 0 Å². The molecule has 0 aromatic carbocycles. The fourth-order valence-electron chi connectivity index (χ4n) is 2.27. The van der Waals surface area contributed by atoms with Crippen LogP contribution in [0.25, 0.3) is 0 Å². The predicted molar refractivity (Wildman–Crippen MR) is 65.1 cm³/mol. The number of ether oxygens (including phenoxy) is 3. The van der Waals surface area contributed by atoms with Crippen molar-refractivity contribution < 1.29 is 23.4 Å². The Bertz CT molecular complexity index is 413. The van der Waals surface area contributed by atoms with E-state index >= 15 is 0 Å². The highest BCUT2D eigenvalue weighted by Gasteiger charge is 2.47. The molecule has 6 nitrogen and oxygen atoms in total. The van der Waals surface area contributed by atoms with Crippen molar-refractivity contribution in [2.24, 2.45) is 0 Å². The molecule has 7 heteroatoms. The zero-order chi connectivity index (χ0) is 14.0. The average molecular weight is 272 g/mol. The van der Waals surface area contributed by atoms with Crippen LogP contribution in [0.1, 0.15) is 0 Å². The molecule has 0 saturated carbocycles. The largest absolute Gasteiger partial charge is 0.382 e. The van der Waals surface area contributed by atoms with Gasteiger partial charge in [-0.15, -0.1) is 0 Å². The number of halogens is 1. The summed E-state index contributed by atoms with van der Waals surface area (Å²) < 4.78 is 30.1. The normalized spacial score (nSPS) is 34.8. The maximum atomic E-state index is 14.4. The third-order valence-corrected chi connectivity index (χ3v) is 3.17. The van der Waals surface area contributed by atoms with Crippen molar-refractivity contribution in [3.8, 4) is 0 Å². The van der Waals surface area contributed by atoms with Crippen LogP contribution >= 0.6 is 0 Å². The van der Waals surface area contributed by atoms with E-state index < -0.39 is 30.5 Å². The van der Waals surface area contributed by atoms with Crippen LogP contribution in [0, 0.1) is 0 Å². The number of nitrogens with one attached hydrogen (secondary N) is 2. The Labute approximate surface area is 110 Å². The van der Waals surface area contributed by atoms with E-state index in [9.17, 15) is 9.18 Å². The van der Waals surface area contributed by atoms with Gasteiger partial charge >= 0.3 is 6.03 Å². The van der Waals surface area contributed by atoms with E-state index in [0.29, 0.717) is 11.3 Å². The first-order valence-electron chi connectivity index (χ1n) is 5.86. The zero-order valence-corrected chi connectivity index (χ0v) is 10.8. The highest BCUT2D eigenvalue weighted by molar-refractivity contribution is 5.80. The van der Waals surface area contributed by atoms with E-state index in [4.69, 9.17) is 14.2 Å². The van der Waals surface area contributed by atoms with Crippen LogP contribution < -0.4 is 10.6 Å². The summed E-state index contributed by atoms with van der Waals surface area (Å²) in [6, 6.07) is -0.404. The van der Waals surface area contributed by atoms with Gasteiger partial charge in [0.05, 0.1) is 6.61 Å². The lowest BCUT2D eigenvalue weighted by molar-refractivity contribution is -0.0393. The van der Waals surface area contributed by atoms with Crippen LogP contribution in [0.5, 0.6) is 0 Å². The van der Waals surface area contributed by atoms with Crippen LogP contribution in [0.2, 0.25) is 0 Å². The van der Waals surface area contributed by atoms with Crippen LogP contribution in [0.3, 0.4) is 0 Å². The maximum Gasteiger partial charge on any atom is 0.323 e. The Morgan fingerprint density at radius 2 is 2.26 bits per heavy atom. The van der Waals surface area contributed by atoms with Gasteiger partial charge < -0.3 is 24.8 Å². The minimum absolute atomic E-state index is 0.231. The SMILES string of the molecule is C=C1NC(=O)NC=C1[C@@H]1O[C@H](COC)C(OC)[C@@H]1F. The third-order valence-electron chi connectivity index (χ3n) is 3.17. The van der Waals surface area contributed by atoms with Gasteiger partial charge in [0, 0.05) is 31.7 Å². The molecule has 2 N–H and O–H groups in total. The topological polar surface area (TPSA) is 68.8 Å². The molecule has 0 spiro atoms. The molecule has 2 heterocycles. The summed E-state index contributed by atoms with van der Waals surface area (Å²) in [5.41, 5.74) is 0.789. The maximum absolute atomic E-state index is 14.4. The Morgan fingerprint density at radius 3 is 2.84 bits per heavy atom. The fraction of sp³-hybridized carbons (Fsp3) is 0.583. The first-order valence-corrected chi connectivity index (χ1v) is 5.86. The molecule has 2 amide bonds. The zero-order valence-electron chi connectivity index (χ0n) is 10.8. The van der Waals surface area contributed by atoms with Crippen molar-refractivity contribution in [3.05, 3.63) is 24.0 Å². The molecule has 19 heavy (non-hydrogen) atoms. The van der Waals surface area contributed by atoms with Crippen molar-refractivity contribution in [2.45, 2.75) is 24.5 Å². The number of urea groups is 1. The van der Waals surface area contributed by atoms with Crippen LogP contribution in [0.15, 0.2) is 24.0 Å². The smallest absolute Gasteiger partial charge is 0.323 e. The van der Waals surface area contributed by atoms with Crippen LogP contribution in [-0.2, 0) is 14.2 Å². The molecule has 0 aromatic rings. The van der Waals surface area contributed by atoms with E-state index in [-0.39, 0.29) is 6.61 Å². The van der Waals surface area contributed by atoms with E-state index in [1.54, 1.807) is 0 Å². The molecule has 0 aromatic heterocycles. The minimum Gasteiger partial charge on any atom is -0.382 e. The molecule has 4 atom stereocenters. The number of carbonyl (C=O) groups excluding carboxylic acids is 1. The van der Waals surface area contributed by atoms with Gasteiger partial charge in [0.1, 0.15) is 18.3 Å². The van der Waals surface area contributed by atoms with Gasteiger partial charge in [-0.25, -0.2) is 9.18 Å². The summed E-state index contributed by atoms with van der Waals surface area (Å²) in [6.45, 7) is 3.92. The molecule has 2 aliphatic heterocycles. The first-order chi connectivity index (χ1) is 9.08. The van der Waals surface area contributed by atoms with Gasteiger partial charge in [-0.3, -0.25) is 0 Å². The molecular formula is C12H17FN2O4. The predicted octanol–water partition coefficient (Wildman–Crippen LogP) is 0.464. The quantitative estimate of drug-likeness (QED) is 0.780. The van der Waals surface area contributed by atoms with Gasteiger partial charge in [-0.2, -0.15) is 0 Å². The van der Waals surface area contributed by atoms with Crippen molar-refractivity contribution in [2.75, 3.05) is 20.8 Å². The van der Waals surface area contributed by atoms with Crippen molar-refractivity contribution >= 4 is 6.03 Å². The standard InChI is InChI=1S/C12H17FN2O4/c1-6-7(4-14-12(16)15-6)10-9(13)11(18-3)8(19-10)5-17-2/h4,8-11H,1,5H2,2-3H3,(H2,14,15,16)/t8-,9-,10+,11?/m1/s1. The number of rotatable bonds is 4. The molecule has 0 radical (unpaired) electrons. The first kappa shape index (κ1) is 14.0. The second-order valence-corrected chi connectivity index (χ2v) is 4.37. The number of hydrogen-bond acceptors (Lipinski definition) is 4. The molecular weight excluding hydrogens is 255 g/mol. The average Bonchev–Trinajstić information content (AvgIpc) is 2.66. The van der Waals surface area contributed by atoms with Crippen molar-refractivity contribution in [1.82, 2.24) is 10.6 Å². The van der Waals surface area contributed by atoms with Gasteiger partial charge in [0.15, 0.2) is 6.17 Å². The Morgan fingerprint density at radius 1 is 1.53 bits per heavy atom. The molecule has 0 bridgehead atoms. The number of alkyl halides is 1. The Balaban J connectivity index is 2.17. The molecule has 2 rings (SSSR count). The summed E-state index contributed by atoms with van der Waals surface area (Å²) >= 11 is 0. The van der Waals surface area contributed by atoms with Gasteiger partial charge in [-0.05, 0) is 0 Å². The minimum atomic E-state index is -1.36. The van der Waals surface area contributed by atoms with Crippen molar-refractivity contribution in [1.29, 1.82) is 0 Å². The molecule has 1 unspecified atom stereocenters. The lowest BCUT2D eigenvalue weighted by atomic mass is 10.0. The highest BCUT2D eigenvalue weighted by Crippen LogP contribution is 2.33. The van der Waals surface area contributed by atoms with Crippen LogP contribution in [0.4, 0.5) is 9.18 Å². The number of carbonyl (C=O) groups is 1. The van der Waals surface area contributed by atoms with E-state index in [1.165, 1.54) is 20.4 Å². The summed E-state index contributed by atoms with van der Waals surface area (Å²) in [5, 5.41) is 4.92. The molecule has 0 aliphatic carbocycles. The highest BCUT2D eigenvalue weighted by atomic mass is 19.1. The molecule has 2 aliphatic rings. The van der Waals surface area contributed by atoms with Crippen LogP contribution in [-0.4, -0.2) is 51.3 Å². The Hall–Kier alpha value is -1.44. The monoisotopic (exact) mass is 272 g/mol. The summed E-state index contributed by atoms with van der Waals surface area (Å²) in [7, 11) is 2.94. The number of amides is 2. The molecule has 106 valence electrons. The van der Waals surface area contributed by atoms with E-state index in [1.807, 2.05) is 0 Å². The third kappa shape index (κ3) is 2.63. The molecule has 1 fully saturated rings. The summed E-state index contributed by atoms with van der Waals surface area (Å²) in [4.78, 5) is 11.1. The lowest BCUT2D eigenvalue weighted by Gasteiger charge is -2.23. The second kappa shape index (κ2) is 5.68. The van der Waals surface area contributed by atoms with E-state index in [2.05, 4.69) is 17.2 Å². The fourth-order valence-corrected chi connectivity index (χ4v) is 2.27. The second-order valence-electron chi connectivity index (χ2n) is 4.37. The number of hydrogen-bond donors (Lipinski definition) is 2.